The van der Waals surface area contributed by atoms with Crippen LogP contribution in [0.25, 0.3) is 0 Å². The van der Waals surface area contributed by atoms with E-state index in [0.29, 0.717) is 5.56 Å². The number of hydrogen-bond acceptors (Lipinski definition) is 6. The molecule has 0 atom stereocenters. The van der Waals surface area contributed by atoms with Crippen LogP contribution in [0.1, 0.15) is 37.7 Å². The number of anilines is 1. The first-order valence-electron chi connectivity index (χ1n) is 8.78. The lowest BCUT2D eigenvalue weighted by atomic mass is 9.80. The van der Waals surface area contributed by atoms with Gasteiger partial charge in [0, 0.05) is 42.2 Å². The molecule has 1 N–H and O–H groups in total. The second-order valence-corrected chi connectivity index (χ2v) is 8.08. The number of nitrogens with zero attached hydrogens (tertiary/aromatic N) is 3. The second kappa shape index (κ2) is 7.70. The minimum Gasteiger partial charge on any atom is -0.368 e. The van der Waals surface area contributed by atoms with Crippen molar-refractivity contribution in [2.45, 2.75) is 44.6 Å². The molecule has 0 radical (unpaired) electrons. The van der Waals surface area contributed by atoms with Crippen molar-refractivity contribution in [2.24, 2.45) is 0 Å². The van der Waals surface area contributed by atoms with Crippen molar-refractivity contribution in [3.8, 4) is 0 Å². The molecule has 0 spiro atoms. The molecule has 0 unspecified atom stereocenters. The molecule has 1 aliphatic carbocycles. The van der Waals surface area contributed by atoms with Crippen LogP contribution in [0.5, 0.6) is 0 Å². The highest BCUT2D eigenvalue weighted by Crippen LogP contribution is 2.35. The molecular formula is C17H26N4O2S. The third-order valence-corrected chi connectivity index (χ3v) is 6.29. The van der Waals surface area contributed by atoms with E-state index in [1.807, 2.05) is 11.8 Å². The quantitative estimate of drug-likeness (QED) is 0.648. The Hall–Kier alpha value is -1.34. The van der Waals surface area contributed by atoms with Crippen molar-refractivity contribution in [3.05, 3.63) is 27.9 Å². The summed E-state index contributed by atoms with van der Waals surface area (Å²) in [5.74, 6) is 3.18. The molecule has 1 saturated heterocycles. The summed E-state index contributed by atoms with van der Waals surface area (Å²) in [5.41, 5.74) is 0.960. The first-order valence-corrected chi connectivity index (χ1v) is 9.94. The molecule has 1 saturated carbocycles. The number of nitrogens with one attached hydrogen (secondary N) is 1. The lowest BCUT2D eigenvalue weighted by molar-refractivity contribution is -0.385. The second-order valence-electron chi connectivity index (χ2n) is 6.85. The monoisotopic (exact) mass is 350 g/mol. The molecule has 2 heterocycles. The van der Waals surface area contributed by atoms with Gasteiger partial charge in [-0.1, -0.05) is 19.3 Å². The lowest BCUT2D eigenvalue weighted by Crippen LogP contribution is -2.57. The summed E-state index contributed by atoms with van der Waals surface area (Å²) in [6.45, 7) is 4.98. The van der Waals surface area contributed by atoms with Gasteiger partial charge in [0.25, 0.3) is 5.69 Å². The Morgan fingerprint density at radius 2 is 2.04 bits per heavy atom. The maximum atomic E-state index is 10.9. The number of aromatic nitrogens is 1. The number of aryl methyl sites for hydroxylation is 1. The Morgan fingerprint density at radius 1 is 1.33 bits per heavy atom. The number of pyridine rings is 1. The number of hydrogen-bond donors (Lipinski definition) is 1. The number of nitro groups is 1. The van der Waals surface area contributed by atoms with Gasteiger partial charge < -0.3 is 5.32 Å². The Balaban J connectivity index is 1.71. The van der Waals surface area contributed by atoms with Crippen LogP contribution in [0, 0.1) is 17.0 Å². The average Bonchev–Trinajstić information content (AvgIpc) is 2.61. The predicted molar refractivity (Wildman–Crippen MR) is 98.8 cm³/mol. The number of rotatable bonds is 5. The standard InChI is InChI=1S/C17H26N4O2S/c1-14-11-16(18-12-15(14)21(22)23)19-13-17(5-3-2-4-6-17)20-7-9-24-10-8-20/h11-12H,2-10,13H2,1H3,(H,18,19). The van der Waals surface area contributed by atoms with Crippen molar-refractivity contribution in [3.63, 3.8) is 0 Å². The molecule has 7 heteroatoms. The zero-order chi connectivity index (χ0) is 17.0. The Bertz CT molecular complexity index is 584. The van der Waals surface area contributed by atoms with Gasteiger partial charge >= 0.3 is 0 Å². The highest BCUT2D eigenvalue weighted by molar-refractivity contribution is 7.99. The van der Waals surface area contributed by atoms with Crippen molar-refractivity contribution in [1.82, 2.24) is 9.88 Å². The molecule has 1 aromatic heterocycles. The van der Waals surface area contributed by atoms with E-state index in [4.69, 9.17) is 0 Å². The molecule has 0 amide bonds. The first kappa shape index (κ1) is 17.5. The Morgan fingerprint density at radius 3 is 2.67 bits per heavy atom. The summed E-state index contributed by atoms with van der Waals surface area (Å²) in [7, 11) is 0. The highest BCUT2D eigenvalue weighted by atomic mass is 32.2. The van der Waals surface area contributed by atoms with Crippen LogP contribution in [0.4, 0.5) is 11.5 Å². The lowest BCUT2D eigenvalue weighted by Gasteiger charge is -2.48. The number of thioether (sulfide) groups is 1. The summed E-state index contributed by atoms with van der Waals surface area (Å²) in [4.78, 5) is 17.5. The Kier molecular flexibility index (Phi) is 5.61. The van der Waals surface area contributed by atoms with Crippen LogP contribution in [-0.2, 0) is 0 Å². The molecule has 2 aliphatic rings. The minimum absolute atomic E-state index is 0.0842. The molecule has 6 nitrogen and oxygen atoms in total. The molecule has 0 aromatic carbocycles. The third-order valence-electron chi connectivity index (χ3n) is 5.34. The van der Waals surface area contributed by atoms with Crippen LogP contribution in [-0.4, -0.2) is 51.5 Å². The van der Waals surface area contributed by atoms with Crippen molar-refractivity contribution < 1.29 is 4.92 Å². The molecule has 132 valence electrons. The van der Waals surface area contributed by atoms with Gasteiger partial charge in [-0.15, -0.1) is 0 Å². The molecule has 0 bridgehead atoms. The summed E-state index contributed by atoms with van der Waals surface area (Å²) in [6, 6.07) is 1.79. The summed E-state index contributed by atoms with van der Waals surface area (Å²) in [6.07, 6.45) is 7.74. The largest absolute Gasteiger partial charge is 0.368 e. The third kappa shape index (κ3) is 3.83. The molecule has 2 fully saturated rings. The van der Waals surface area contributed by atoms with E-state index in [2.05, 4.69) is 15.2 Å². The van der Waals surface area contributed by atoms with Gasteiger partial charge in [-0.3, -0.25) is 15.0 Å². The maximum absolute atomic E-state index is 10.9. The van der Waals surface area contributed by atoms with E-state index in [-0.39, 0.29) is 16.1 Å². The first-order chi connectivity index (χ1) is 11.6. The van der Waals surface area contributed by atoms with Crippen LogP contribution in [0.2, 0.25) is 0 Å². The van der Waals surface area contributed by atoms with Gasteiger partial charge in [0.1, 0.15) is 12.0 Å². The van der Waals surface area contributed by atoms with Crippen LogP contribution in [0.3, 0.4) is 0 Å². The predicted octanol–water partition coefficient (Wildman–Crippen LogP) is 3.46. The van der Waals surface area contributed by atoms with Crippen LogP contribution >= 0.6 is 11.8 Å². The normalized spacial score (nSPS) is 21.4. The van der Waals surface area contributed by atoms with Crippen LogP contribution in [0.15, 0.2) is 12.3 Å². The van der Waals surface area contributed by atoms with Gasteiger partial charge in [0.05, 0.1) is 4.92 Å². The average molecular weight is 350 g/mol. The van der Waals surface area contributed by atoms with Gasteiger partial charge in [0.15, 0.2) is 0 Å². The summed E-state index contributed by atoms with van der Waals surface area (Å²) >= 11 is 2.04. The zero-order valence-corrected chi connectivity index (χ0v) is 15.1. The topological polar surface area (TPSA) is 71.3 Å². The van der Waals surface area contributed by atoms with E-state index in [1.165, 1.54) is 62.9 Å². The molecule has 3 rings (SSSR count). The van der Waals surface area contributed by atoms with Crippen molar-refractivity contribution >= 4 is 23.3 Å². The molecule has 24 heavy (non-hydrogen) atoms. The Labute approximate surface area is 147 Å². The van der Waals surface area contributed by atoms with E-state index in [0.717, 1.165) is 12.4 Å². The molecular weight excluding hydrogens is 324 g/mol. The fourth-order valence-corrected chi connectivity index (χ4v) is 4.85. The van der Waals surface area contributed by atoms with Gasteiger partial charge in [-0.25, -0.2) is 4.98 Å². The summed E-state index contributed by atoms with van der Waals surface area (Å²) in [5, 5.41) is 14.4. The van der Waals surface area contributed by atoms with Crippen molar-refractivity contribution in [1.29, 1.82) is 0 Å². The molecule has 1 aliphatic heterocycles. The van der Waals surface area contributed by atoms with E-state index < -0.39 is 0 Å². The van der Waals surface area contributed by atoms with Crippen molar-refractivity contribution in [2.75, 3.05) is 36.5 Å². The smallest absolute Gasteiger partial charge is 0.290 e. The fourth-order valence-electron chi connectivity index (χ4n) is 3.94. The van der Waals surface area contributed by atoms with Gasteiger partial charge in [-0.2, -0.15) is 11.8 Å². The van der Waals surface area contributed by atoms with E-state index >= 15 is 0 Å². The zero-order valence-electron chi connectivity index (χ0n) is 14.3. The van der Waals surface area contributed by atoms with Gasteiger partial charge in [0.2, 0.25) is 0 Å². The fraction of sp³-hybridized carbons (Fsp3) is 0.706. The molecule has 1 aromatic rings. The van der Waals surface area contributed by atoms with E-state index in [1.54, 1.807) is 13.0 Å². The highest BCUT2D eigenvalue weighted by Gasteiger charge is 2.38. The summed E-state index contributed by atoms with van der Waals surface area (Å²) < 4.78 is 0. The minimum atomic E-state index is -0.375. The van der Waals surface area contributed by atoms with E-state index in [9.17, 15) is 10.1 Å². The van der Waals surface area contributed by atoms with Crippen LogP contribution < -0.4 is 5.32 Å². The SMILES string of the molecule is Cc1cc(NCC2(N3CCSCC3)CCCCC2)ncc1[N+](=O)[O-]. The maximum Gasteiger partial charge on any atom is 0.290 e. The van der Waals surface area contributed by atoms with Gasteiger partial charge in [-0.05, 0) is 25.8 Å².